The zero-order chi connectivity index (χ0) is 25.3. The fraction of sp³-hybridized carbons (Fsp3) is 0.920. The molecular weight excluding hydrogens is 714 g/mol. The largest absolute Gasteiger partial charge is 0.299 e. The summed E-state index contributed by atoms with van der Waals surface area (Å²) in [5, 5.41) is 0.582. The van der Waals surface area contributed by atoms with E-state index in [0.717, 1.165) is 35.5 Å². The minimum absolute atomic E-state index is 0.123. The highest BCUT2D eigenvalue weighted by molar-refractivity contribution is 9.93. The van der Waals surface area contributed by atoms with E-state index in [9.17, 15) is 9.59 Å². The van der Waals surface area contributed by atoms with Gasteiger partial charge in [-0.05, 0) is 119 Å². The van der Waals surface area contributed by atoms with Gasteiger partial charge in [-0.3, -0.25) is 9.59 Å². The molecule has 0 atom stereocenters. The molecule has 0 spiro atoms. The maximum absolute atomic E-state index is 12.0. The fourth-order valence-electron chi connectivity index (χ4n) is 9.14. The van der Waals surface area contributed by atoms with Gasteiger partial charge in [0.15, 0.2) is 0 Å². The molecule has 2 nitrogen and oxygen atoms in total. The van der Waals surface area contributed by atoms with Crippen molar-refractivity contribution in [1.29, 1.82) is 0 Å². The number of halogens is 7. The van der Waals surface area contributed by atoms with E-state index < -0.39 is 3.25 Å². The summed E-state index contributed by atoms with van der Waals surface area (Å²) in [6, 6.07) is 0. The molecule has 9 heteroatoms. The third kappa shape index (κ3) is 7.53. The van der Waals surface area contributed by atoms with Crippen molar-refractivity contribution in [3.63, 3.8) is 0 Å². The molecule has 8 bridgehead atoms. The van der Waals surface area contributed by atoms with Crippen LogP contribution in [0, 0.1) is 46.3 Å². The number of Topliss-reactive ketones (excluding diaryl/α,β-unsaturated/α-hetero) is 2. The van der Waals surface area contributed by atoms with Crippen molar-refractivity contribution in [2.45, 2.75) is 87.2 Å². The quantitative estimate of drug-likeness (QED) is 0.270. The second-order valence-electron chi connectivity index (χ2n) is 11.9. The normalized spacial score (nSPS) is 42.5. The Hall–Kier alpha value is 1.94. The van der Waals surface area contributed by atoms with Crippen molar-refractivity contribution in [3.05, 3.63) is 0 Å². The molecule has 8 aliphatic carbocycles. The molecule has 0 heterocycles. The van der Waals surface area contributed by atoms with E-state index in [0.29, 0.717) is 16.9 Å². The first kappa shape index (κ1) is 30.5. The number of ketones is 2. The Bertz CT molecular complexity index is 664. The molecule has 0 aromatic heterocycles. The maximum atomic E-state index is 12.0. The van der Waals surface area contributed by atoms with Crippen LogP contribution in [0.4, 0.5) is 0 Å². The first-order chi connectivity index (χ1) is 15.9. The van der Waals surface area contributed by atoms with Gasteiger partial charge in [0.25, 0.3) is 3.25 Å². The highest BCUT2D eigenvalue weighted by Gasteiger charge is 2.54. The van der Waals surface area contributed by atoms with Crippen LogP contribution in [0.25, 0.3) is 0 Å². The van der Waals surface area contributed by atoms with Crippen molar-refractivity contribution in [1.82, 2.24) is 0 Å². The van der Waals surface area contributed by atoms with Crippen LogP contribution in [0.5, 0.6) is 0 Å². The molecule has 0 N–H and O–H groups in total. The monoisotopic (exact) mass is 744 g/mol. The number of hydrogen-bond acceptors (Lipinski definition) is 2. The molecule has 8 fully saturated rings. The summed E-state index contributed by atoms with van der Waals surface area (Å²) in [7, 11) is 0. The van der Waals surface area contributed by atoms with Crippen molar-refractivity contribution in [2.75, 3.05) is 5.33 Å². The summed E-state index contributed by atoms with van der Waals surface area (Å²) in [6.07, 6.45) is 15.9. The van der Waals surface area contributed by atoms with Gasteiger partial charge in [-0.1, -0.05) is 62.3 Å². The Morgan fingerprint density at radius 1 is 0.676 bits per heavy atom. The van der Waals surface area contributed by atoms with E-state index in [1.807, 2.05) is 6.92 Å². The third-order valence-electron chi connectivity index (χ3n) is 9.54. The Morgan fingerprint density at radius 3 is 1.12 bits per heavy atom. The van der Waals surface area contributed by atoms with Crippen molar-refractivity contribution in [3.8, 4) is 0 Å². The van der Waals surface area contributed by atoms with E-state index in [-0.39, 0.29) is 10.8 Å². The van der Waals surface area contributed by atoms with Gasteiger partial charge in [-0.15, -0.1) is 0 Å². The topological polar surface area (TPSA) is 34.1 Å². The fourth-order valence-corrected chi connectivity index (χ4v) is 9.73. The lowest BCUT2D eigenvalue weighted by atomic mass is 9.48. The van der Waals surface area contributed by atoms with Gasteiger partial charge in [0.05, 0.1) is 5.33 Å². The molecule has 8 saturated carbocycles. The SMILES string of the molecule is BrBr.CC(=O)C12CC3CC(CC(C3)C1)C2.ClC(Cl)(Cl)Cl.O=C(CBr)C12CC3CC(CC(C3)C1)C2. The summed E-state index contributed by atoms with van der Waals surface area (Å²) in [5.41, 5.74) is 0.285. The Kier molecular flexibility index (Phi) is 11.1. The molecule has 0 saturated heterocycles. The maximum Gasteiger partial charge on any atom is 0.266 e. The van der Waals surface area contributed by atoms with E-state index in [1.165, 1.54) is 77.0 Å². The molecule has 0 aliphatic heterocycles. The first-order valence-electron chi connectivity index (χ1n) is 12.4. The lowest BCUT2D eigenvalue weighted by molar-refractivity contribution is -0.141. The van der Waals surface area contributed by atoms with E-state index >= 15 is 0 Å². The number of carbonyl (C=O) groups excluding carboxylic acids is 2. The summed E-state index contributed by atoms with van der Waals surface area (Å²) >= 11 is 28.2. The minimum Gasteiger partial charge on any atom is -0.299 e. The first-order valence-corrected chi connectivity index (χ1v) is 18.7. The van der Waals surface area contributed by atoms with Crippen LogP contribution in [0.2, 0.25) is 0 Å². The van der Waals surface area contributed by atoms with Gasteiger partial charge < -0.3 is 0 Å². The standard InChI is InChI=1S/C12H17BrO.C12H18O.CCl4.Br2/c13-7-11(14)12-4-8-1-9(5-12)3-10(2-8)6-12;1-8(13)12-5-9-2-10(6-12)4-11(3-9)7-12;2-1(3,4)5;1-2/h8-10H,1-7H2;9-11H,2-7H2,1H3;;. The van der Waals surface area contributed by atoms with E-state index in [2.05, 4.69) is 44.2 Å². The molecular formula is C25H35Br3Cl4O2. The second-order valence-corrected chi connectivity index (χ2v) is 15.9. The average Bonchev–Trinajstić information content (AvgIpc) is 2.72. The molecule has 0 aromatic rings. The van der Waals surface area contributed by atoms with Gasteiger partial charge in [0, 0.05) is 39.1 Å². The molecule has 196 valence electrons. The molecule has 34 heavy (non-hydrogen) atoms. The zero-order valence-corrected chi connectivity index (χ0v) is 27.4. The van der Waals surface area contributed by atoms with Crippen LogP contribution in [0.15, 0.2) is 0 Å². The summed E-state index contributed by atoms with van der Waals surface area (Å²) in [4.78, 5) is 23.7. The van der Waals surface area contributed by atoms with Crippen molar-refractivity contribution < 1.29 is 9.59 Å². The lowest BCUT2D eigenvalue weighted by Gasteiger charge is -2.55. The number of rotatable bonds is 3. The van der Waals surface area contributed by atoms with E-state index in [4.69, 9.17) is 46.4 Å². The lowest BCUT2D eigenvalue weighted by Crippen LogP contribution is -2.50. The van der Waals surface area contributed by atoms with Gasteiger partial charge >= 0.3 is 0 Å². The minimum atomic E-state index is -1.61. The van der Waals surface area contributed by atoms with Crippen molar-refractivity contribution >= 4 is 102 Å². The Morgan fingerprint density at radius 2 is 0.912 bits per heavy atom. The highest BCUT2D eigenvalue weighted by Crippen LogP contribution is 2.61. The van der Waals surface area contributed by atoms with Crippen LogP contribution in [-0.4, -0.2) is 20.1 Å². The van der Waals surface area contributed by atoms with Crippen LogP contribution in [0.1, 0.15) is 84.0 Å². The summed E-state index contributed by atoms with van der Waals surface area (Å²) < 4.78 is -1.61. The Balaban J connectivity index is 0.000000152. The van der Waals surface area contributed by atoms with Gasteiger partial charge in [-0.2, -0.15) is 0 Å². The van der Waals surface area contributed by atoms with E-state index in [1.54, 1.807) is 0 Å². The molecule has 8 rings (SSSR count). The molecule has 8 aliphatic rings. The second kappa shape index (κ2) is 12.4. The third-order valence-corrected chi connectivity index (χ3v) is 10.0. The summed E-state index contributed by atoms with van der Waals surface area (Å²) in [5.74, 6) is 6.40. The summed E-state index contributed by atoms with van der Waals surface area (Å²) in [6.45, 7) is 1.83. The predicted molar refractivity (Wildman–Crippen MR) is 155 cm³/mol. The highest BCUT2D eigenvalue weighted by atomic mass is 80.9. The average molecular weight is 749 g/mol. The molecule has 0 unspecified atom stereocenters. The Labute approximate surface area is 248 Å². The number of hydrogen-bond donors (Lipinski definition) is 0. The molecule has 0 radical (unpaired) electrons. The van der Waals surface area contributed by atoms with Crippen LogP contribution in [-0.2, 0) is 9.59 Å². The van der Waals surface area contributed by atoms with Crippen LogP contribution < -0.4 is 0 Å². The van der Waals surface area contributed by atoms with Gasteiger partial charge in [0.2, 0.25) is 0 Å². The number of alkyl halides is 5. The molecule has 0 amide bonds. The van der Waals surface area contributed by atoms with Gasteiger partial charge in [-0.25, -0.2) is 0 Å². The molecule has 0 aromatic carbocycles. The van der Waals surface area contributed by atoms with Crippen LogP contribution in [0.3, 0.4) is 0 Å². The number of carbonyl (C=O) groups is 2. The van der Waals surface area contributed by atoms with Crippen LogP contribution >= 0.6 is 90.6 Å². The smallest absolute Gasteiger partial charge is 0.266 e. The van der Waals surface area contributed by atoms with Crippen molar-refractivity contribution in [2.24, 2.45) is 46.3 Å². The predicted octanol–water partition coefficient (Wildman–Crippen LogP) is 10.2. The zero-order valence-electron chi connectivity index (χ0n) is 19.6. The van der Waals surface area contributed by atoms with Gasteiger partial charge in [0.1, 0.15) is 11.6 Å².